The van der Waals surface area contributed by atoms with Gasteiger partial charge in [0, 0.05) is 24.1 Å². The standard InChI is InChI=1S/C14H22BrNOS/c1-2-3-12-10-11(7-9-17-12)16-8-6-13-4-5-14(15)18-13/h4-5,11-12,16H,2-3,6-10H2,1H3. The Balaban J connectivity index is 1.66. The fourth-order valence-electron chi connectivity index (χ4n) is 2.47. The van der Waals surface area contributed by atoms with Gasteiger partial charge in [-0.1, -0.05) is 13.3 Å². The molecule has 2 unspecified atom stereocenters. The zero-order valence-electron chi connectivity index (χ0n) is 11.0. The molecule has 1 aliphatic rings. The zero-order chi connectivity index (χ0) is 12.8. The van der Waals surface area contributed by atoms with Gasteiger partial charge in [0.1, 0.15) is 0 Å². The first-order valence-electron chi connectivity index (χ1n) is 6.87. The van der Waals surface area contributed by atoms with Crippen LogP contribution in [0.2, 0.25) is 0 Å². The van der Waals surface area contributed by atoms with Crippen molar-refractivity contribution in [3.63, 3.8) is 0 Å². The van der Waals surface area contributed by atoms with Crippen LogP contribution < -0.4 is 5.32 Å². The normalized spacial score (nSPS) is 24.3. The molecule has 0 saturated carbocycles. The van der Waals surface area contributed by atoms with E-state index < -0.39 is 0 Å². The summed E-state index contributed by atoms with van der Waals surface area (Å²) in [6, 6.07) is 4.99. The first-order valence-corrected chi connectivity index (χ1v) is 8.48. The third kappa shape index (κ3) is 4.65. The third-order valence-electron chi connectivity index (χ3n) is 3.41. The van der Waals surface area contributed by atoms with Gasteiger partial charge in [0.05, 0.1) is 9.89 Å². The summed E-state index contributed by atoms with van der Waals surface area (Å²) in [5.41, 5.74) is 0. The summed E-state index contributed by atoms with van der Waals surface area (Å²) < 4.78 is 7.00. The topological polar surface area (TPSA) is 21.3 Å². The molecule has 4 heteroatoms. The Labute approximate surface area is 122 Å². The van der Waals surface area contributed by atoms with Gasteiger partial charge in [0.25, 0.3) is 0 Å². The second-order valence-electron chi connectivity index (χ2n) is 4.91. The van der Waals surface area contributed by atoms with Crippen LogP contribution in [0.25, 0.3) is 0 Å². The maximum atomic E-state index is 5.77. The molecule has 1 aromatic rings. The van der Waals surface area contributed by atoms with Crippen molar-refractivity contribution in [2.45, 2.75) is 51.2 Å². The molecule has 1 aliphatic heterocycles. The SMILES string of the molecule is CCCC1CC(NCCc2ccc(Br)s2)CCO1. The lowest BCUT2D eigenvalue weighted by Crippen LogP contribution is -2.39. The molecule has 1 N–H and O–H groups in total. The molecule has 18 heavy (non-hydrogen) atoms. The molecule has 2 atom stereocenters. The first kappa shape index (κ1) is 14.5. The summed E-state index contributed by atoms with van der Waals surface area (Å²) in [7, 11) is 0. The lowest BCUT2D eigenvalue weighted by molar-refractivity contribution is -0.00299. The summed E-state index contributed by atoms with van der Waals surface area (Å²) in [5.74, 6) is 0. The quantitative estimate of drug-likeness (QED) is 0.850. The molecule has 0 aromatic carbocycles. The molecule has 1 saturated heterocycles. The van der Waals surface area contributed by atoms with Crippen LogP contribution in [0.1, 0.15) is 37.5 Å². The number of halogens is 1. The van der Waals surface area contributed by atoms with Crippen LogP contribution in [0, 0.1) is 0 Å². The number of hydrogen-bond donors (Lipinski definition) is 1. The lowest BCUT2D eigenvalue weighted by Gasteiger charge is -2.30. The van der Waals surface area contributed by atoms with Crippen molar-refractivity contribution < 1.29 is 4.74 Å². The summed E-state index contributed by atoms with van der Waals surface area (Å²) in [6.07, 6.45) is 6.39. The van der Waals surface area contributed by atoms with E-state index in [1.54, 1.807) is 0 Å². The van der Waals surface area contributed by atoms with Crippen LogP contribution >= 0.6 is 27.3 Å². The van der Waals surface area contributed by atoms with Crippen LogP contribution in [-0.2, 0) is 11.2 Å². The zero-order valence-corrected chi connectivity index (χ0v) is 13.4. The van der Waals surface area contributed by atoms with Crippen molar-refractivity contribution >= 4 is 27.3 Å². The Hall–Kier alpha value is 0.1000. The highest BCUT2D eigenvalue weighted by molar-refractivity contribution is 9.11. The maximum Gasteiger partial charge on any atom is 0.0701 e. The van der Waals surface area contributed by atoms with Gasteiger partial charge in [0.15, 0.2) is 0 Å². The number of thiophene rings is 1. The van der Waals surface area contributed by atoms with E-state index in [-0.39, 0.29) is 0 Å². The van der Waals surface area contributed by atoms with Crippen molar-refractivity contribution in [1.82, 2.24) is 5.32 Å². The Morgan fingerprint density at radius 3 is 3.11 bits per heavy atom. The molecule has 0 amide bonds. The van der Waals surface area contributed by atoms with E-state index in [9.17, 15) is 0 Å². The van der Waals surface area contributed by atoms with Gasteiger partial charge >= 0.3 is 0 Å². The Morgan fingerprint density at radius 1 is 1.50 bits per heavy atom. The Kier molecular flexibility index (Phi) is 6.15. The molecule has 2 nitrogen and oxygen atoms in total. The van der Waals surface area contributed by atoms with Gasteiger partial charge in [-0.25, -0.2) is 0 Å². The minimum Gasteiger partial charge on any atom is -0.378 e. The smallest absolute Gasteiger partial charge is 0.0701 e. The van der Waals surface area contributed by atoms with E-state index in [4.69, 9.17) is 4.74 Å². The first-order chi connectivity index (χ1) is 8.78. The highest BCUT2D eigenvalue weighted by Gasteiger charge is 2.21. The molecule has 1 aromatic heterocycles. The predicted molar refractivity (Wildman–Crippen MR) is 81.4 cm³/mol. The van der Waals surface area contributed by atoms with Crippen LogP contribution in [0.4, 0.5) is 0 Å². The highest BCUT2D eigenvalue weighted by Crippen LogP contribution is 2.22. The number of rotatable bonds is 6. The van der Waals surface area contributed by atoms with Gasteiger partial charge in [-0.05, 0) is 53.7 Å². The molecule has 102 valence electrons. The fourth-order valence-corrected chi connectivity index (χ4v) is 3.96. The van der Waals surface area contributed by atoms with Gasteiger partial charge in [-0.3, -0.25) is 0 Å². The number of nitrogens with one attached hydrogen (secondary N) is 1. The van der Waals surface area contributed by atoms with Crippen LogP contribution in [0.3, 0.4) is 0 Å². The van der Waals surface area contributed by atoms with Crippen molar-refractivity contribution in [2.24, 2.45) is 0 Å². The molecule has 0 spiro atoms. The fraction of sp³-hybridized carbons (Fsp3) is 0.714. The average molecular weight is 332 g/mol. The predicted octanol–water partition coefficient (Wildman–Crippen LogP) is 3.99. The number of ether oxygens (including phenoxy) is 1. The van der Waals surface area contributed by atoms with Crippen LogP contribution in [-0.4, -0.2) is 25.3 Å². The molecular formula is C14H22BrNOS. The second-order valence-corrected chi connectivity index (χ2v) is 7.46. The third-order valence-corrected chi connectivity index (χ3v) is 5.09. The van der Waals surface area contributed by atoms with E-state index in [1.165, 1.54) is 27.9 Å². The minimum atomic E-state index is 0.483. The Bertz CT molecular complexity index is 353. The van der Waals surface area contributed by atoms with Crippen LogP contribution in [0.5, 0.6) is 0 Å². The lowest BCUT2D eigenvalue weighted by atomic mass is 10.00. The van der Waals surface area contributed by atoms with E-state index in [0.29, 0.717) is 12.1 Å². The molecule has 0 bridgehead atoms. The molecule has 1 fully saturated rings. The molecule has 2 rings (SSSR count). The summed E-state index contributed by atoms with van der Waals surface area (Å²) in [6.45, 7) is 4.23. The molecular weight excluding hydrogens is 310 g/mol. The monoisotopic (exact) mass is 331 g/mol. The van der Waals surface area contributed by atoms with Crippen molar-refractivity contribution in [3.8, 4) is 0 Å². The maximum absolute atomic E-state index is 5.77. The van der Waals surface area contributed by atoms with Crippen molar-refractivity contribution in [3.05, 3.63) is 20.8 Å². The van der Waals surface area contributed by atoms with Gasteiger partial charge in [-0.15, -0.1) is 11.3 Å². The minimum absolute atomic E-state index is 0.483. The number of hydrogen-bond acceptors (Lipinski definition) is 3. The summed E-state index contributed by atoms with van der Waals surface area (Å²) in [5, 5.41) is 3.68. The van der Waals surface area contributed by atoms with E-state index in [0.717, 1.165) is 26.0 Å². The average Bonchev–Trinajstić information content (AvgIpc) is 2.76. The van der Waals surface area contributed by atoms with Crippen LogP contribution in [0.15, 0.2) is 15.9 Å². The van der Waals surface area contributed by atoms with Gasteiger partial charge in [0.2, 0.25) is 0 Å². The second kappa shape index (κ2) is 7.63. The van der Waals surface area contributed by atoms with E-state index >= 15 is 0 Å². The highest BCUT2D eigenvalue weighted by atomic mass is 79.9. The largest absolute Gasteiger partial charge is 0.378 e. The molecule has 0 radical (unpaired) electrons. The summed E-state index contributed by atoms with van der Waals surface area (Å²) >= 11 is 5.34. The van der Waals surface area contributed by atoms with E-state index in [2.05, 4.69) is 40.3 Å². The van der Waals surface area contributed by atoms with Crippen molar-refractivity contribution in [1.29, 1.82) is 0 Å². The molecule has 2 heterocycles. The van der Waals surface area contributed by atoms with Crippen molar-refractivity contribution in [2.75, 3.05) is 13.2 Å². The molecule has 0 aliphatic carbocycles. The van der Waals surface area contributed by atoms with E-state index in [1.807, 2.05) is 11.3 Å². The van der Waals surface area contributed by atoms with Gasteiger partial charge < -0.3 is 10.1 Å². The Morgan fingerprint density at radius 2 is 2.39 bits per heavy atom. The van der Waals surface area contributed by atoms with Gasteiger partial charge in [-0.2, -0.15) is 0 Å². The summed E-state index contributed by atoms with van der Waals surface area (Å²) in [4.78, 5) is 1.45.